The van der Waals surface area contributed by atoms with E-state index in [0.717, 1.165) is 11.6 Å². The first-order valence-electron chi connectivity index (χ1n) is 5.87. The smallest absolute Gasteiger partial charge is 0.168 e. The van der Waals surface area contributed by atoms with Crippen LogP contribution in [0.4, 0.5) is 4.39 Å². The number of hydrogen-bond acceptors (Lipinski definition) is 3. The van der Waals surface area contributed by atoms with E-state index in [1.807, 2.05) is 30.3 Å². The number of hydrogen-bond donors (Lipinski definition) is 1. The lowest BCUT2D eigenvalue weighted by Crippen LogP contribution is -1.98. The number of ether oxygens (including phenoxy) is 2. The first-order valence-corrected chi connectivity index (χ1v) is 5.87. The largest absolute Gasteiger partial charge is 0.505 e. The number of rotatable bonds is 5. The standard InChI is InChI=1S/C15H15FO3/c1-18-15-8-13(16)14(17)7-12(15)10-19-9-11-5-3-2-4-6-11/h2-8,17H,9-10H2,1H3. The minimum atomic E-state index is -0.705. The third-order valence-electron chi connectivity index (χ3n) is 2.72. The van der Waals surface area contributed by atoms with Crippen LogP contribution in [-0.4, -0.2) is 12.2 Å². The fourth-order valence-electron chi connectivity index (χ4n) is 1.74. The summed E-state index contributed by atoms with van der Waals surface area (Å²) < 4.78 is 23.7. The maximum Gasteiger partial charge on any atom is 0.168 e. The molecule has 1 N–H and O–H groups in total. The van der Waals surface area contributed by atoms with Crippen molar-refractivity contribution in [2.45, 2.75) is 13.2 Å². The predicted octanol–water partition coefficient (Wildman–Crippen LogP) is 3.26. The van der Waals surface area contributed by atoms with Gasteiger partial charge in [-0.3, -0.25) is 0 Å². The second-order valence-electron chi connectivity index (χ2n) is 4.09. The van der Waals surface area contributed by atoms with Crippen LogP contribution in [0.25, 0.3) is 0 Å². The average Bonchev–Trinajstić information content (AvgIpc) is 2.43. The lowest BCUT2D eigenvalue weighted by Gasteiger charge is -2.10. The van der Waals surface area contributed by atoms with Gasteiger partial charge in [0.15, 0.2) is 11.6 Å². The molecule has 19 heavy (non-hydrogen) atoms. The minimum absolute atomic E-state index is 0.242. The van der Waals surface area contributed by atoms with Crippen LogP contribution < -0.4 is 4.74 Å². The molecule has 0 heterocycles. The molecule has 0 aliphatic rings. The van der Waals surface area contributed by atoms with Crippen molar-refractivity contribution < 1.29 is 19.0 Å². The highest BCUT2D eigenvalue weighted by Gasteiger charge is 2.09. The Bertz CT molecular complexity index is 541. The van der Waals surface area contributed by atoms with Crippen LogP contribution >= 0.6 is 0 Å². The van der Waals surface area contributed by atoms with E-state index < -0.39 is 11.6 Å². The maximum atomic E-state index is 13.2. The van der Waals surface area contributed by atoms with Gasteiger partial charge in [0.2, 0.25) is 0 Å². The van der Waals surface area contributed by atoms with Crippen molar-refractivity contribution >= 4 is 0 Å². The van der Waals surface area contributed by atoms with Crippen molar-refractivity contribution in [3.8, 4) is 11.5 Å². The molecule has 0 aliphatic carbocycles. The Morgan fingerprint density at radius 2 is 1.84 bits per heavy atom. The monoisotopic (exact) mass is 262 g/mol. The Balaban J connectivity index is 2.01. The van der Waals surface area contributed by atoms with Gasteiger partial charge in [-0.25, -0.2) is 4.39 Å². The third-order valence-corrected chi connectivity index (χ3v) is 2.72. The highest BCUT2D eigenvalue weighted by atomic mass is 19.1. The molecular weight excluding hydrogens is 247 g/mol. The number of aromatic hydroxyl groups is 1. The Kier molecular flexibility index (Phi) is 4.36. The summed E-state index contributed by atoms with van der Waals surface area (Å²) in [6.07, 6.45) is 0. The number of methoxy groups -OCH3 is 1. The number of phenols is 1. The van der Waals surface area contributed by atoms with Crippen molar-refractivity contribution in [1.29, 1.82) is 0 Å². The quantitative estimate of drug-likeness (QED) is 0.898. The van der Waals surface area contributed by atoms with E-state index in [1.54, 1.807) is 0 Å². The Morgan fingerprint density at radius 1 is 1.11 bits per heavy atom. The molecule has 0 atom stereocenters. The number of phenolic OH excluding ortho intramolecular Hbond substituents is 1. The summed E-state index contributed by atoms with van der Waals surface area (Å²) in [5, 5.41) is 9.35. The van der Waals surface area contributed by atoms with Crippen LogP contribution in [0.1, 0.15) is 11.1 Å². The van der Waals surface area contributed by atoms with E-state index in [4.69, 9.17) is 9.47 Å². The minimum Gasteiger partial charge on any atom is -0.505 e. The van der Waals surface area contributed by atoms with Crippen LogP contribution in [-0.2, 0) is 18.0 Å². The third kappa shape index (κ3) is 3.45. The van der Waals surface area contributed by atoms with Crippen molar-refractivity contribution in [2.75, 3.05) is 7.11 Å². The SMILES string of the molecule is COc1cc(F)c(O)cc1COCc1ccccc1. The summed E-state index contributed by atoms with van der Waals surface area (Å²) in [4.78, 5) is 0. The predicted molar refractivity (Wildman–Crippen MR) is 69.6 cm³/mol. The summed E-state index contributed by atoms with van der Waals surface area (Å²) in [5.41, 5.74) is 1.66. The fraction of sp³-hybridized carbons (Fsp3) is 0.200. The van der Waals surface area contributed by atoms with Crippen molar-refractivity contribution in [2.24, 2.45) is 0 Å². The molecule has 0 radical (unpaired) electrons. The van der Waals surface area contributed by atoms with Gasteiger partial charge in [-0.15, -0.1) is 0 Å². The molecule has 2 rings (SSSR count). The van der Waals surface area contributed by atoms with Crippen molar-refractivity contribution in [3.63, 3.8) is 0 Å². The lowest BCUT2D eigenvalue weighted by atomic mass is 10.2. The normalized spacial score (nSPS) is 10.4. The Hall–Kier alpha value is -2.07. The first-order chi connectivity index (χ1) is 9.20. The molecule has 0 aliphatic heterocycles. The molecule has 3 nitrogen and oxygen atoms in total. The molecule has 0 saturated carbocycles. The van der Waals surface area contributed by atoms with Gasteiger partial charge >= 0.3 is 0 Å². The molecule has 0 amide bonds. The average molecular weight is 262 g/mol. The summed E-state index contributed by atoms with van der Waals surface area (Å²) >= 11 is 0. The molecule has 0 unspecified atom stereocenters. The zero-order valence-corrected chi connectivity index (χ0v) is 10.6. The van der Waals surface area contributed by atoms with Gasteiger partial charge < -0.3 is 14.6 Å². The molecule has 2 aromatic carbocycles. The van der Waals surface area contributed by atoms with Crippen LogP contribution in [0.5, 0.6) is 11.5 Å². The number of benzene rings is 2. The van der Waals surface area contributed by atoms with Crippen LogP contribution in [0, 0.1) is 5.82 Å². The summed E-state index contributed by atoms with van der Waals surface area (Å²) in [5.74, 6) is -0.744. The molecule has 0 aromatic heterocycles. The fourth-order valence-corrected chi connectivity index (χ4v) is 1.74. The van der Waals surface area contributed by atoms with Crippen molar-refractivity contribution in [1.82, 2.24) is 0 Å². The van der Waals surface area contributed by atoms with Crippen LogP contribution in [0.3, 0.4) is 0 Å². The molecule has 0 fully saturated rings. The van der Waals surface area contributed by atoms with Gasteiger partial charge in [0.1, 0.15) is 5.75 Å². The second kappa shape index (κ2) is 6.20. The topological polar surface area (TPSA) is 38.7 Å². The first kappa shape index (κ1) is 13.4. The van der Waals surface area contributed by atoms with Gasteiger partial charge in [0.25, 0.3) is 0 Å². The molecule has 100 valence electrons. The summed E-state index contributed by atoms with van der Waals surface area (Å²) in [6, 6.07) is 12.2. The van der Waals surface area contributed by atoms with Gasteiger partial charge in [-0.05, 0) is 11.6 Å². The van der Waals surface area contributed by atoms with E-state index in [0.29, 0.717) is 17.9 Å². The van der Waals surface area contributed by atoms with Gasteiger partial charge in [0, 0.05) is 11.6 Å². The molecule has 0 spiro atoms. The molecule has 4 heteroatoms. The molecule has 0 saturated heterocycles. The highest BCUT2D eigenvalue weighted by molar-refractivity contribution is 5.40. The van der Waals surface area contributed by atoms with Crippen molar-refractivity contribution in [3.05, 3.63) is 59.4 Å². The highest BCUT2D eigenvalue weighted by Crippen LogP contribution is 2.27. The van der Waals surface area contributed by atoms with E-state index in [1.165, 1.54) is 13.2 Å². The lowest BCUT2D eigenvalue weighted by molar-refractivity contribution is 0.105. The van der Waals surface area contributed by atoms with Crippen LogP contribution in [0.2, 0.25) is 0 Å². The zero-order chi connectivity index (χ0) is 13.7. The summed E-state index contributed by atoms with van der Waals surface area (Å²) in [6.45, 7) is 0.689. The van der Waals surface area contributed by atoms with E-state index in [2.05, 4.69) is 0 Å². The Labute approximate surface area is 111 Å². The van der Waals surface area contributed by atoms with E-state index in [9.17, 15) is 9.50 Å². The van der Waals surface area contributed by atoms with Gasteiger partial charge in [-0.2, -0.15) is 0 Å². The van der Waals surface area contributed by atoms with E-state index in [-0.39, 0.29) is 6.61 Å². The van der Waals surface area contributed by atoms with Gasteiger partial charge in [0.05, 0.1) is 20.3 Å². The zero-order valence-electron chi connectivity index (χ0n) is 10.6. The van der Waals surface area contributed by atoms with Crippen LogP contribution in [0.15, 0.2) is 42.5 Å². The van der Waals surface area contributed by atoms with Gasteiger partial charge in [-0.1, -0.05) is 30.3 Å². The molecule has 2 aromatic rings. The van der Waals surface area contributed by atoms with E-state index >= 15 is 0 Å². The molecule has 0 bridgehead atoms. The summed E-state index contributed by atoms with van der Waals surface area (Å²) in [7, 11) is 1.45. The number of halogens is 1. The maximum absolute atomic E-state index is 13.2. The second-order valence-corrected chi connectivity index (χ2v) is 4.09. The Morgan fingerprint density at radius 3 is 2.53 bits per heavy atom. The molecular formula is C15H15FO3.